The first kappa shape index (κ1) is 15.8. The van der Waals surface area contributed by atoms with Crippen LogP contribution in [-0.2, 0) is 0 Å². The van der Waals surface area contributed by atoms with Crippen molar-refractivity contribution >= 4 is 21.9 Å². The number of fused-ring (bicyclic) bond motifs is 2. The van der Waals surface area contributed by atoms with Gasteiger partial charge in [0.05, 0.1) is 40.8 Å². The monoisotopic (exact) mass is 380 g/mol. The van der Waals surface area contributed by atoms with Gasteiger partial charge in [0, 0.05) is 28.9 Å². The van der Waals surface area contributed by atoms with Crippen molar-refractivity contribution in [1.82, 2.24) is 39.9 Å². The van der Waals surface area contributed by atoms with Crippen LogP contribution in [0.3, 0.4) is 0 Å². The summed E-state index contributed by atoms with van der Waals surface area (Å²) in [7, 11) is 0. The van der Waals surface area contributed by atoms with Crippen molar-refractivity contribution < 1.29 is 0 Å². The summed E-state index contributed by atoms with van der Waals surface area (Å²) in [5.41, 5.74) is 8.26. The van der Waals surface area contributed by atoms with Gasteiger partial charge in [-0.1, -0.05) is 6.07 Å². The van der Waals surface area contributed by atoms with Crippen molar-refractivity contribution in [1.29, 1.82) is 0 Å². The molecule has 5 aromatic heterocycles. The third kappa shape index (κ3) is 2.46. The van der Waals surface area contributed by atoms with E-state index < -0.39 is 0 Å². The highest BCUT2D eigenvalue weighted by Gasteiger charge is 2.15. The molecule has 0 aliphatic heterocycles. The van der Waals surface area contributed by atoms with E-state index in [4.69, 9.17) is 4.98 Å². The van der Waals surface area contributed by atoms with Crippen molar-refractivity contribution in [2.45, 2.75) is 6.92 Å². The van der Waals surface area contributed by atoms with E-state index in [2.05, 4.69) is 48.6 Å². The summed E-state index contributed by atoms with van der Waals surface area (Å²) in [5, 5.41) is 15.6. The number of aryl methyl sites for hydroxylation is 1. The first-order valence-electron chi connectivity index (χ1n) is 9.23. The average Bonchev–Trinajstić information content (AvgIpc) is 3.51. The molecule has 0 saturated carbocycles. The van der Waals surface area contributed by atoms with Crippen molar-refractivity contribution in [3.8, 4) is 28.3 Å². The highest BCUT2D eigenvalue weighted by molar-refractivity contribution is 5.97. The summed E-state index contributed by atoms with van der Waals surface area (Å²) in [5.74, 6) is 0. The molecule has 0 atom stereocenters. The van der Waals surface area contributed by atoms with Gasteiger partial charge in [-0.05, 0) is 37.3 Å². The number of hydrogen-bond acceptors (Lipinski definition) is 4. The molecular weight excluding hydrogens is 364 g/mol. The second kappa shape index (κ2) is 5.90. The molecule has 1 aromatic carbocycles. The molecule has 8 heteroatoms. The number of benzene rings is 1. The average molecular weight is 380 g/mol. The second-order valence-corrected chi connectivity index (χ2v) is 7.00. The van der Waals surface area contributed by atoms with E-state index in [9.17, 15) is 0 Å². The number of rotatable bonds is 3. The Morgan fingerprint density at radius 2 is 2.03 bits per heavy atom. The van der Waals surface area contributed by atoms with Gasteiger partial charge >= 0.3 is 0 Å². The van der Waals surface area contributed by atoms with E-state index in [-0.39, 0.29) is 0 Å². The Morgan fingerprint density at radius 3 is 2.86 bits per heavy atom. The van der Waals surface area contributed by atoms with E-state index in [0.29, 0.717) is 0 Å². The zero-order valence-corrected chi connectivity index (χ0v) is 15.5. The highest BCUT2D eigenvalue weighted by Crippen LogP contribution is 2.31. The summed E-state index contributed by atoms with van der Waals surface area (Å²) in [6.07, 6.45) is 7.44. The lowest BCUT2D eigenvalue weighted by molar-refractivity contribution is 1.07. The van der Waals surface area contributed by atoms with Crippen molar-refractivity contribution in [3.63, 3.8) is 0 Å². The van der Waals surface area contributed by atoms with E-state index in [0.717, 1.165) is 56.0 Å². The molecule has 140 valence electrons. The molecular formula is C21H16N8. The fourth-order valence-electron chi connectivity index (χ4n) is 3.68. The largest absolute Gasteiger partial charge is 0.353 e. The van der Waals surface area contributed by atoms with Crippen LogP contribution in [0.4, 0.5) is 0 Å². The minimum absolute atomic E-state index is 0.786. The molecule has 0 saturated heterocycles. The van der Waals surface area contributed by atoms with Gasteiger partial charge in [0.25, 0.3) is 0 Å². The third-order valence-electron chi connectivity index (χ3n) is 5.09. The molecule has 29 heavy (non-hydrogen) atoms. The fourth-order valence-corrected chi connectivity index (χ4v) is 3.68. The first-order chi connectivity index (χ1) is 14.3. The molecule has 8 nitrogen and oxygen atoms in total. The lowest BCUT2D eigenvalue weighted by Gasteiger charge is -2.03. The summed E-state index contributed by atoms with van der Waals surface area (Å²) in [6, 6.07) is 12.2. The Hall–Kier alpha value is -4.20. The predicted molar refractivity (Wildman–Crippen MR) is 111 cm³/mol. The normalized spacial score (nSPS) is 11.6. The number of aromatic amines is 3. The van der Waals surface area contributed by atoms with Crippen LogP contribution < -0.4 is 0 Å². The standard InChI is InChI=1S/C21H16N8/c1-12-10-29(11-22-12)19-4-2-3-16-14(19)7-18(25-16)21-20-17(27-28-21)6-5-15(26-20)13-8-23-24-9-13/h2-11,25H,1H3,(H,23,24)(H,27,28). The van der Waals surface area contributed by atoms with E-state index >= 15 is 0 Å². The van der Waals surface area contributed by atoms with Gasteiger partial charge in [0.15, 0.2) is 0 Å². The van der Waals surface area contributed by atoms with Crippen LogP contribution in [0, 0.1) is 6.92 Å². The van der Waals surface area contributed by atoms with Gasteiger partial charge in [0.2, 0.25) is 0 Å². The maximum atomic E-state index is 4.82. The summed E-state index contributed by atoms with van der Waals surface area (Å²) in [6.45, 7) is 1.98. The topological polar surface area (TPSA) is 104 Å². The highest BCUT2D eigenvalue weighted by atomic mass is 15.1. The Bertz CT molecular complexity index is 1470. The Balaban J connectivity index is 1.53. The van der Waals surface area contributed by atoms with E-state index in [1.54, 1.807) is 6.20 Å². The first-order valence-corrected chi connectivity index (χ1v) is 9.23. The van der Waals surface area contributed by atoms with Crippen LogP contribution in [0.1, 0.15) is 5.69 Å². The molecule has 6 rings (SSSR count). The number of aromatic nitrogens is 8. The smallest absolute Gasteiger partial charge is 0.135 e. The Morgan fingerprint density at radius 1 is 1.07 bits per heavy atom. The maximum Gasteiger partial charge on any atom is 0.135 e. The van der Waals surface area contributed by atoms with Crippen molar-refractivity contribution in [3.05, 3.63) is 67.0 Å². The minimum Gasteiger partial charge on any atom is -0.353 e. The molecule has 0 bridgehead atoms. The van der Waals surface area contributed by atoms with Crippen LogP contribution in [0.2, 0.25) is 0 Å². The van der Waals surface area contributed by atoms with Crippen LogP contribution in [0.15, 0.2) is 61.3 Å². The Kier molecular flexibility index (Phi) is 3.22. The molecule has 5 heterocycles. The van der Waals surface area contributed by atoms with Gasteiger partial charge in [0.1, 0.15) is 11.2 Å². The number of nitrogens with one attached hydrogen (secondary N) is 3. The number of imidazole rings is 1. The predicted octanol–water partition coefficient (Wildman–Crippen LogP) is 3.99. The number of hydrogen-bond donors (Lipinski definition) is 3. The van der Waals surface area contributed by atoms with E-state index in [1.165, 1.54) is 0 Å². The summed E-state index contributed by atoms with van der Waals surface area (Å²) >= 11 is 0. The lowest BCUT2D eigenvalue weighted by atomic mass is 10.1. The molecule has 0 unspecified atom stereocenters. The Labute approximate surface area is 164 Å². The van der Waals surface area contributed by atoms with Crippen molar-refractivity contribution in [2.75, 3.05) is 0 Å². The SMILES string of the molecule is Cc1cn(-c2cccc3[nH]c(-c4n[nH]c5ccc(-c6cn[nH]c6)nc45)cc23)cn1. The molecule has 0 amide bonds. The third-order valence-corrected chi connectivity index (χ3v) is 5.09. The van der Waals surface area contributed by atoms with Crippen LogP contribution in [-0.4, -0.2) is 39.9 Å². The molecule has 0 radical (unpaired) electrons. The lowest BCUT2D eigenvalue weighted by Crippen LogP contribution is -1.89. The molecule has 0 aliphatic rings. The summed E-state index contributed by atoms with van der Waals surface area (Å²) < 4.78 is 2.03. The molecule has 0 aliphatic carbocycles. The zero-order valence-electron chi connectivity index (χ0n) is 15.5. The minimum atomic E-state index is 0.786. The number of pyridine rings is 1. The van der Waals surface area contributed by atoms with Crippen molar-refractivity contribution in [2.24, 2.45) is 0 Å². The fraction of sp³-hybridized carbons (Fsp3) is 0.0476. The molecule has 0 fully saturated rings. The quantitative estimate of drug-likeness (QED) is 0.432. The maximum absolute atomic E-state index is 4.82. The van der Waals surface area contributed by atoms with Gasteiger partial charge in [-0.25, -0.2) is 9.97 Å². The molecule has 6 aromatic rings. The van der Waals surface area contributed by atoms with E-state index in [1.807, 2.05) is 48.4 Å². The number of nitrogens with zero attached hydrogens (tertiary/aromatic N) is 5. The van der Waals surface area contributed by atoms with Gasteiger partial charge in [-0.3, -0.25) is 10.2 Å². The second-order valence-electron chi connectivity index (χ2n) is 7.00. The van der Waals surface area contributed by atoms with Crippen LogP contribution in [0.25, 0.3) is 50.3 Å². The van der Waals surface area contributed by atoms with Gasteiger partial charge in [-0.2, -0.15) is 10.2 Å². The van der Waals surface area contributed by atoms with Crippen LogP contribution in [0.5, 0.6) is 0 Å². The van der Waals surface area contributed by atoms with Crippen LogP contribution >= 0.6 is 0 Å². The summed E-state index contributed by atoms with van der Waals surface area (Å²) in [4.78, 5) is 12.7. The zero-order chi connectivity index (χ0) is 19.4. The molecule has 0 spiro atoms. The molecule has 3 N–H and O–H groups in total. The van der Waals surface area contributed by atoms with Gasteiger partial charge in [-0.15, -0.1) is 0 Å². The van der Waals surface area contributed by atoms with Gasteiger partial charge < -0.3 is 9.55 Å². The number of H-pyrrole nitrogens is 3.